The zero-order valence-corrected chi connectivity index (χ0v) is 16.0. The molecule has 1 fully saturated rings. The third kappa shape index (κ3) is 4.00. The van der Waals surface area contributed by atoms with Gasteiger partial charge >= 0.3 is 5.97 Å². The lowest BCUT2D eigenvalue weighted by Crippen LogP contribution is -2.36. The Bertz CT molecular complexity index is 805. The fourth-order valence-corrected chi connectivity index (χ4v) is 4.18. The Labute approximate surface area is 163 Å². The first kappa shape index (κ1) is 19.4. The van der Waals surface area contributed by atoms with Gasteiger partial charge in [0, 0.05) is 12.2 Å². The third-order valence-electron chi connectivity index (χ3n) is 5.20. The van der Waals surface area contributed by atoms with Crippen LogP contribution in [0.15, 0.2) is 30.4 Å². The van der Waals surface area contributed by atoms with Crippen LogP contribution in [0.3, 0.4) is 0 Å². The van der Waals surface area contributed by atoms with Crippen molar-refractivity contribution in [2.75, 3.05) is 11.9 Å². The van der Waals surface area contributed by atoms with Crippen LogP contribution in [-0.2, 0) is 9.59 Å². The first-order chi connectivity index (χ1) is 12.8. The number of anilines is 1. The largest absolute Gasteiger partial charge is 0.481 e. The zero-order valence-electron chi connectivity index (χ0n) is 15.2. The SMILES string of the molecule is CC(C)CNC(=O)c1ccc(NC(=O)[C@@H]2[C@@H](C(=O)O)[C@H]3C=C[C@H]2C3)cc1Cl. The van der Waals surface area contributed by atoms with Crippen molar-refractivity contribution in [3.63, 3.8) is 0 Å². The van der Waals surface area contributed by atoms with Gasteiger partial charge in [0.2, 0.25) is 5.91 Å². The predicted molar refractivity (Wildman–Crippen MR) is 103 cm³/mol. The van der Waals surface area contributed by atoms with Gasteiger partial charge in [-0.15, -0.1) is 0 Å². The number of halogens is 1. The van der Waals surface area contributed by atoms with Gasteiger partial charge in [-0.05, 0) is 42.4 Å². The van der Waals surface area contributed by atoms with Gasteiger partial charge in [0.25, 0.3) is 5.91 Å². The molecule has 2 aliphatic rings. The molecule has 0 unspecified atom stereocenters. The average Bonchev–Trinajstić information content (AvgIpc) is 3.20. The number of hydrogen-bond acceptors (Lipinski definition) is 3. The number of carbonyl (C=O) groups excluding carboxylic acids is 2. The van der Waals surface area contributed by atoms with Crippen LogP contribution in [0.5, 0.6) is 0 Å². The minimum absolute atomic E-state index is 0.0485. The fourth-order valence-electron chi connectivity index (χ4n) is 3.91. The lowest BCUT2D eigenvalue weighted by atomic mass is 9.82. The summed E-state index contributed by atoms with van der Waals surface area (Å²) in [6, 6.07) is 4.68. The maximum Gasteiger partial charge on any atom is 0.307 e. The highest BCUT2D eigenvalue weighted by Gasteiger charge is 2.51. The van der Waals surface area contributed by atoms with Gasteiger partial charge in [0.1, 0.15) is 0 Å². The maximum atomic E-state index is 12.7. The minimum atomic E-state index is -0.942. The molecule has 0 radical (unpaired) electrons. The Morgan fingerprint density at radius 3 is 2.44 bits per heavy atom. The van der Waals surface area contributed by atoms with E-state index in [0.29, 0.717) is 30.1 Å². The van der Waals surface area contributed by atoms with Gasteiger partial charge < -0.3 is 15.7 Å². The second-order valence-electron chi connectivity index (χ2n) is 7.63. The normalized spacial score (nSPS) is 25.6. The van der Waals surface area contributed by atoms with Crippen LogP contribution in [0.4, 0.5) is 5.69 Å². The van der Waals surface area contributed by atoms with E-state index >= 15 is 0 Å². The summed E-state index contributed by atoms with van der Waals surface area (Å²) in [7, 11) is 0. The highest BCUT2D eigenvalue weighted by Crippen LogP contribution is 2.48. The Balaban J connectivity index is 1.70. The van der Waals surface area contributed by atoms with E-state index in [2.05, 4.69) is 10.6 Å². The molecule has 1 aromatic carbocycles. The van der Waals surface area contributed by atoms with Gasteiger partial charge in [-0.3, -0.25) is 14.4 Å². The molecule has 1 saturated carbocycles. The molecule has 0 aliphatic heterocycles. The number of benzene rings is 1. The number of carboxylic acids is 1. The standard InChI is InChI=1S/C20H23ClN2O4/c1-10(2)9-22-18(24)14-6-5-13(8-15(14)21)23-19(25)16-11-3-4-12(7-11)17(16)20(26)27/h3-6,8,10-12,16-17H,7,9H2,1-2H3,(H,22,24)(H,23,25)(H,26,27)/t11-,12-,16-,17-/m0/s1. The number of nitrogens with one attached hydrogen (secondary N) is 2. The number of amides is 2. The number of rotatable bonds is 6. The molecular formula is C20H23ClN2O4. The van der Waals surface area contributed by atoms with Crippen LogP contribution in [0.2, 0.25) is 5.02 Å². The molecule has 0 spiro atoms. The summed E-state index contributed by atoms with van der Waals surface area (Å²) in [6.07, 6.45) is 4.53. The number of aliphatic carboxylic acids is 1. The van der Waals surface area contributed by atoms with E-state index in [9.17, 15) is 19.5 Å². The molecule has 1 aromatic rings. The molecule has 6 nitrogen and oxygen atoms in total. The lowest BCUT2D eigenvalue weighted by molar-refractivity contribution is -0.146. The number of allylic oxidation sites excluding steroid dienone is 2. The smallest absolute Gasteiger partial charge is 0.307 e. The highest BCUT2D eigenvalue weighted by molar-refractivity contribution is 6.34. The van der Waals surface area contributed by atoms with Gasteiger partial charge in [-0.1, -0.05) is 37.6 Å². The molecule has 2 aliphatic carbocycles. The van der Waals surface area contributed by atoms with Crippen molar-refractivity contribution in [2.45, 2.75) is 20.3 Å². The van der Waals surface area contributed by atoms with Crippen molar-refractivity contribution in [3.8, 4) is 0 Å². The minimum Gasteiger partial charge on any atom is -0.481 e. The first-order valence-electron chi connectivity index (χ1n) is 9.07. The van der Waals surface area contributed by atoms with Gasteiger partial charge in [0.05, 0.1) is 22.4 Å². The monoisotopic (exact) mass is 390 g/mol. The molecule has 0 aromatic heterocycles. The van der Waals surface area contributed by atoms with Crippen molar-refractivity contribution < 1.29 is 19.5 Å². The van der Waals surface area contributed by atoms with Crippen LogP contribution in [-0.4, -0.2) is 29.4 Å². The van der Waals surface area contributed by atoms with Gasteiger partial charge in [-0.25, -0.2) is 0 Å². The lowest BCUT2D eigenvalue weighted by Gasteiger charge is -2.24. The highest BCUT2D eigenvalue weighted by atomic mass is 35.5. The number of fused-ring (bicyclic) bond motifs is 2. The fraction of sp³-hybridized carbons (Fsp3) is 0.450. The quantitative estimate of drug-likeness (QED) is 0.650. The van der Waals surface area contributed by atoms with Crippen LogP contribution in [0.1, 0.15) is 30.6 Å². The van der Waals surface area contributed by atoms with E-state index in [-0.39, 0.29) is 28.7 Å². The summed E-state index contributed by atoms with van der Waals surface area (Å²) in [5.74, 6) is -2.64. The number of hydrogen-bond donors (Lipinski definition) is 3. The summed E-state index contributed by atoms with van der Waals surface area (Å²) in [4.78, 5) is 36.4. The van der Waals surface area contributed by atoms with E-state index in [0.717, 1.165) is 0 Å². The molecule has 2 bridgehead atoms. The molecule has 3 N–H and O–H groups in total. The van der Waals surface area contributed by atoms with Crippen molar-refractivity contribution in [2.24, 2.45) is 29.6 Å². The maximum absolute atomic E-state index is 12.7. The Kier molecular flexibility index (Phi) is 5.56. The summed E-state index contributed by atoms with van der Waals surface area (Å²) >= 11 is 6.21. The van der Waals surface area contributed by atoms with Crippen molar-refractivity contribution in [1.82, 2.24) is 5.32 Å². The molecule has 0 heterocycles. The molecule has 7 heteroatoms. The van der Waals surface area contributed by atoms with Crippen molar-refractivity contribution in [1.29, 1.82) is 0 Å². The van der Waals surface area contributed by atoms with Crippen molar-refractivity contribution >= 4 is 35.1 Å². The average molecular weight is 391 g/mol. The van der Waals surface area contributed by atoms with Crippen LogP contribution in [0.25, 0.3) is 0 Å². The van der Waals surface area contributed by atoms with E-state index < -0.39 is 17.8 Å². The summed E-state index contributed by atoms with van der Waals surface area (Å²) in [5.41, 5.74) is 0.780. The molecule has 2 amide bonds. The summed E-state index contributed by atoms with van der Waals surface area (Å²) in [6.45, 7) is 4.54. The summed E-state index contributed by atoms with van der Waals surface area (Å²) in [5, 5.41) is 15.3. The molecule has 144 valence electrons. The van der Waals surface area contributed by atoms with E-state index in [4.69, 9.17) is 11.6 Å². The topological polar surface area (TPSA) is 95.5 Å². The molecule has 4 atom stereocenters. The second-order valence-corrected chi connectivity index (χ2v) is 8.03. The summed E-state index contributed by atoms with van der Waals surface area (Å²) < 4.78 is 0. The van der Waals surface area contributed by atoms with Crippen molar-refractivity contribution in [3.05, 3.63) is 40.9 Å². The molecule has 3 rings (SSSR count). The van der Waals surface area contributed by atoms with Gasteiger partial charge in [-0.2, -0.15) is 0 Å². The molecular weight excluding hydrogens is 368 g/mol. The van der Waals surface area contributed by atoms with E-state index in [1.165, 1.54) is 6.07 Å². The first-order valence-corrected chi connectivity index (χ1v) is 9.45. The Hall–Kier alpha value is -2.34. The second kappa shape index (κ2) is 7.72. The number of carboxylic acid groups (broad SMARTS) is 1. The Morgan fingerprint density at radius 2 is 1.85 bits per heavy atom. The molecule has 27 heavy (non-hydrogen) atoms. The van der Waals surface area contributed by atoms with Gasteiger partial charge in [0.15, 0.2) is 0 Å². The molecule has 0 saturated heterocycles. The Morgan fingerprint density at radius 1 is 1.19 bits per heavy atom. The zero-order chi connectivity index (χ0) is 19.7. The van der Waals surface area contributed by atoms with Crippen LogP contribution in [0, 0.1) is 29.6 Å². The third-order valence-corrected chi connectivity index (χ3v) is 5.51. The van der Waals surface area contributed by atoms with E-state index in [1.54, 1.807) is 12.1 Å². The van der Waals surface area contributed by atoms with Crippen LogP contribution < -0.4 is 10.6 Å². The van der Waals surface area contributed by atoms with E-state index in [1.807, 2.05) is 26.0 Å². The predicted octanol–water partition coefficient (Wildman–Crippen LogP) is 3.19. The number of carbonyl (C=O) groups is 3. The van der Waals surface area contributed by atoms with Crippen LogP contribution >= 0.6 is 11.6 Å².